The second-order valence-corrected chi connectivity index (χ2v) is 4.68. The number of carbonyl (C=O) groups excluding carboxylic acids is 1. The van der Waals surface area contributed by atoms with Crippen LogP contribution in [0.3, 0.4) is 0 Å². The molecule has 0 atom stereocenters. The van der Waals surface area contributed by atoms with Gasteiger partial charge in [0, 0.05) is 13.1 Å². The fourth-order valence-electron chi connectivity index (χ4n) is 2.27. The van der Waals surface area contributed by atoms with Crippen molar-refractivity contribution >= 4 is 5.91 Å². The zero-order chi connectivity index (χ0) is 12.8. The molecule has 1 aromatic rings. The number of likely N-dealkylation sites (tertiary alicyclic amines) is 1. The monoisotopic (exact) mass is 248 g/mol. The number of aromatic hydroxyl groups is 1. The van der Waals surface area contributed by atoms with E-state index in [4.69, 9.17) is 0 Å². The second-order valence-electron chi connectivity index (χ2n) is 4.68. The van der Waals surface area contributed by atoms with E-state index in [2.05, 4.69) is 10.2 Å². The smallest absolute Gasteiger partial charge is 0.255 e. The molecule has 0 radical (unpaired) electrons. The quantitative estimate of drug-likeness (QED) is 0.851. The predicted molar refractivity (Wildman–Crippen MR) is 70.7 cm³/mol. The first kappa shape index (κ1) is 12.9. The van der Waals surface area contributed by atoms with Crippen LogP contribution in [0.1, 0.15) is 29.6 Å². The van der Waals surface area contributed by atoms with Crippen molar-refractivity contribution < 1.29 is 9.90 Å². The molecule has 1 saturated heterocycles. The lowest BCUT2D eigenvalue weighted by Crippen LogP contribution is -2.37. The van der Waals surface area contributed by atoms with Crippen LogP contribution in [0.15, 0.2) is 24.3 Å². The van der Waals surface area contributed by atoms with Crippen molar-refractivity contribution in [2.45, 2.75) is 19.3 Å². The summed E-state index contributed by atoms with van der Waals surface area (Å²) in [4.78, 5) is 14.2. The fourth-order valence-corrected chi connectivity index (χ4v) is 2.27. The maximum absolute atomic E-state index is 11.8. The number of carbonyl (C=O) groups is 1. The molecule has 1 heterocycles. The summed E-state index contributed by atoms with van der Waals surface area (Å²) in [6.07, 6.45) is 3.83. The van der Waals surface area contributed by atoms with Crippen molar-refractivity contribution in [3.63, 3.8) is 0 Å². The van der Waals surface area contributed by atoms with Crippen molar-refractivity contribution in [3.05, 3.63) is 29.8 Å². The number of rotatable bonds is 4. The van der Waals surface area contributed by atoms with Gasteiger partial charge < -0.3 is 15.3 Å². The number of nitrogens with one attached hydrogen (secondary N) is 1. The van der Waals surface area contributed by atoms with E-state index in [1.165, 1.54) is 25.3 Å². The molecule has 4 heteroatoms. The molecule has 0 aromatic heterocycles. The molecule has 1 amide bonds. The first-order valence-electron chi connectivity index (χ1n) is 6.56. The molecule has 1 fully saturated rings. The molecule has 18 heavy (non-hydrogen) atoms. The van der Waals surface area contributed by atoms with Gasteiger partial charge in [-0.3, -0.25) is 4.79 Å². The summed E-state index contributed by atoms with van der Waals surface area (Å²) in [6, 6.07) is 6.62. The van der Waals surface area contributed by atoms with Gasteiger partial charge in [0.2, 0.25) is 0 Å². The van der Waals surface area contributed by atoms with Crippen molar-refractivity contribution in [2.24, 2.45) is 0 Å². The molecule has 0 spiro atoms. The molecule has 98 valence electrons. The highest BCUT2D eigenvalue weighted by Crippen LogP contribution is 2.14. The minimum Gasteiger partial charge on any atom is -0.507 e. The number of nitrogens with zero attached hydrogens (tertiary/aromatic N) is 1. The molecule has 0 saturated carbocycles. The molecule has 1 aromatic carbocycles. The van der Waals surface area contributed by atoms with E-state index in [-0.39, 0.29) is 11.7 Å². The lowest BCUT2D eigenvalue weighted by atomic mass is 10.1. The summed E-state index contributed by atoms with van der Waals surface area (Å²) in [7, 11) is 0. The van der Waals surface area contributed by atoms with Crippen LogP contribution >= 0.6 is 0 Å². The molecular formula is C14H20N2O2. The highest BCUT2D eigenvalue weighted by molar-refractivity contribution is 5.96. The van der Waals surface area contributed by atoms with Crippen LogP contribution < -0.4 is 5.32 Å². The van der Waals surface area contributed by atoms with Crippen LogP contribution in [-0.4, -0.2) is 42.1 Å². The Labute approximate surface area is 108 Å². The molecule has 0 unspecified atom stereocenters. The average Bonchev–Trinajstić information content (AvgIpc) is 2.40. The Morgan fingerprint density at radius 3 is 2.67 bits per heavy atom. The highest BCUT2D eigenvalue weighted by Gasteiger charge is 2.12. The minimum atomic E-state index is -0.204. The third kappa shape index (κ3) is 3.47. The summed E-state index contributed by atoms with van der Waals surface area (Å²) in [5.41, 5.74) is 0.344. The van der Waals surface area contributed by atoms with Gasteiger partial charge in [-0.05, 0) is 38.1 Å². The zero-order valence-corrected chi connectivity index (χ0v) is 10.6. The van der Waals surface area contributed by atoms with E-state index >= 15 is 0 Å². The standard InChI is InChI=1S/C14H20N2O2/c17-13-7-3-2-6-12(13)14(18)15-8-11-16-9-4-1-5-10-16/h2-3,6-7,17H,1,4-5,8-11H2,(H,15,18). The van der Waals surface area contributed by atoms with Crippen LogP contribution in [0.5, 0.6) is 5.75 Å². The van der Waals surface area contributed by atoms with Crippen molar-refractivity contribution in [2.75, 3.05) is 26.2 Å². The Bertz CT molecular complexity index is 401. The van der Waals surface area contributed by atoms with Crippen molar-refractivity contribution in [1.29, 1.82) is 0 Å². The van der Waals surface area contributed by atoms with Gasteiger partial charge in [-0.2, -0.15) is 0 Å². The Kier molecular flexibility index (Phi) is 4.59. The summed E-state index contributed by atoms with van der Waals surface area (Å²) >= 11 is 0. The highest BCUT2D eigenvalue weighted by atomic mass is 16.3. The number of benzene rings is 1. The molecule has 0 bridgehead atoms. The number of phenols is 1. The van der Waals surface area contributed by atoms with Crippen LogP contribution in [0.4, 0.5) is 0 Å². The topological polar surface area (TPSA) is 52.6 Å². The van der Waals surface area contributed by atoms with Gasteiger partial charge in [0.05, 0.1) is 5.56 Å². The Hall–Kier alpha value is -1.55. The Balaban J connectivity index is 1.76. The maximum atomic E-state index is 11.8. The number of hydrogen-bond donors (Lipinski definition) is 2. The molecule has 2 N–H and O–H groups in total. The lowest BCUT2D eigenvalue weighted by molar-refractivity contribution is 0.0944. The van der Waals surface area contributed by atoms with Crippen LogP contribution in [0.25, 0.3) is 0 Å². The van der Waals surface area contributed by atoms with E-state index < -0.39 is 0 Å². The zero-order valence-electron chi connectivity index (χ0n) is 10.6. The average molecular weight is 248 g/mol. The molecule has 2 rings (SSSR count). The van der Waals surface area contributed by atoms with Gasteiger partial charge in [-0.25, -0.2) is 0 Å². The van der Waals surface area contributed by atoms with Gasteiger partial charge in [0.15, 0.2) is 0 Å². The Morgan fingerprint density at radius 2 is 1.94 bits per heavy atom. The number of piperidine rings is 1. The number of hydrogen-bond acceptors (Lipinski definition) is 3. The van der Waals surface area contributed by atoms with Gasteiger partial charge in [0.1, 0.15) is 5.75 Å². The molecule has 0 aliphatic carbocycles. The largest absolute Gasteiger partial charge is 0.507 e. The normalized spacial score (nSPS) is 16.4. The summed E-state index contributed by atoms with van der Waals surface area (Å²) in [5.74, 6) is -0.168. The summed E-state index contributed by atoms with van der Waals surface area (Å²) in [5, 5.41) is 12.4. The molecule has 1 aliphatic rings. The van der Waals surface area contributed by atoms with Crippen LogP contribution in [0, 0.1) is 0 Å². The minimum absolute atomic E-state index is 0.0352. The van der Waals surface area contributed by atoms with E-state index in [0.717, 1.165) is 19.6 Å². The van der Waals surface area contributed by atoms with E-state index in [9.17, 15) is 9.90 Å². The maximum Gasteiger partial charge on any atom is 0.255 e. The number of amides is 1. The molecule has 4 nitrogen and oxygen atoms in total. The summed E-state index contributed by atoms with van der Waals surface area (Å²) < 4.78 is 0. The van der Waals surface area contributed by atoms with Crippen LogP contribution in [-0.2, 0) is 0 Å². The summed E-state index contributed by atoms with van der Waals surface area (Å²) in [6.45, 7) is 3.78. The first-order chi connectivity index (χ1) is 8.77. The first-order valence-corrected chi connectivity index (χ1v) is 6.56. The van der Waals surface area contributed by atoms with Gasteiger partial charge >= 0.3 is 0 Å². The third-order valence-electron chi connectivity index (χ3n) is 3.31. The SMILES string of the molecule is O=C(NCCN1CCCCC1)c1ccccc1O. The van der Waals surface area contributed by atoms with E-state index in [1.807, 2.05) is 0 Å². The number of para-hydroxylation sites is 1. The van der Waals surface area contributed by atoms with Gasteiger partial charge in [-0.1, -0.05) is 18.6 Å². The van der Waals surface area contributed by atoms with Crippen LogP contribution in [0.2, 0.25) is 0 Å². The lowest BCUT2D eigenvalue weighted by Gasteiger charge is -2.26. The van der Waals surface area contributed by atoms with Gasteiger partial charge in [0.25, 0.3) is 5.91 Å². The van der Waals surface area contributed by atoms with E-state index in [0.29, 0.717) is 12.1 Å². The number of phenolic OH excluding ortho intramolecular Hbond substituents is 1. The van der Waals surface area contributed by atoms with Crippen molar-refractivity contribution in [1.82, 2.24) is 10.2 Å². The predicted octanol–water partition coefficient (Wildman–Crippen LogP) is 1.61. The second kappa shape index (κ2) is 6.40. The van der Waals surface area contributed by atoms with E-state index in [1.54, 1.807) is 18.2 Å². The third-order valence-corrected chi connectivity index (χ3v) is 3.31. The van der Waals surface area contributed by atoms with Crippen molar-refractivity contribution in [3.8, 4) is 5.75 Å². The molecule has 1 aliphatic heterocycles. The fraction of sp³-hybridized carbons (Fsp3) is 0.500. The van der Waals surface area contributed by atoms with Gasteiger partial charge in [-0.15, -0.1) is 0 Å². The molecular weight excluding hydrogens is 228 g/mol. The Morgan fingerprint density at radius 1 is 1.22 bits per heavy atom.